The summed E-state index contributed by atoms with van der Waals surface area (Å²) in [6.45, 7) is 0. The van der Waals surface area contributed by atoms with Crippen molar-refractivity contribution in [3.8, 4) is 24.7 Å². The Balaban J connectivity index is 2.98. The average Bonchev–Trinajstić information content (AvgIpc) is 2.16. The fourth-order valence-electron chi connectivity index (χ4n) is 0.738. The van der Waals surface area contributed by atoms with Crippen LogP contribution in [-0.2, 0) is 0 Å². The van der Waals surface area contributed by atoms with Gasteiger partial charge < -0.3 is 0 Å². The quantitative estimate of drug-likeness (QED) is 0.432. The van der Waals surface area contributed by atoms with Gasteiger partial charge in [-0.15, -0.1) is 12.8 Å². The molecule has 1 aromatic carbocycles. The Labute approximate surface area is 72.1 Å². The summed E-state index contributed by atoms with van der Waals surface area (Å²) >= 11 is 0. The van der Waals surface area contributed by atoms with Gasteiger partial charge in [-0.2, -0.15) is 0 Å². The van der Waals surface area contributed by atoms with Gasteiger partial charge >= 0.3 is 0 Å². The number of hydrogen-bond acceptors (Lipinski definition) is 1. The largest absolute Gasteiger partial charge is 0.231 e. The number of para-hydroxylation sites is 1. The predicted octanol–water partition coefficient (Wildman–Crippen LogP) is 2.03. The average molecular weight is 153 g/mol. The van der Waals surface area contributed by atoms with Crippen LogP contribution in [-0.4, -0.2) is 5.71 Å². The van der Waals surface area contributed by atoms with Crippen molar-refractivity contribution in [3.05, 3.63) is 30.3 Å². The maximum atomic E-state index is 5.11. The van der Waals surface area contributed by atoms with Crippen molar-refractivity contribution in [2.24, 2.45) is 4.99 Å². The van der Waals surface area contributed by atoms with Crippen molar-refractivity contribution < 1.29 is 0 Å². The van der Waals surface area contributed by atoms with Gasteiger partial charge in [0, 0.05) is 0 Å². The van der Waals surface area contributed by atoms with E-state index in [1.54, 1.807) is 0 Å². The molecule has 0 bridgehead atoms. The molecule has 56 valence electrons. The Morgan fingerprint density at radius 2 is 1.67 bits per heavy atom. The van der Waals surface area contributed by atoms with E-state index in [2.05, 4.69) is 16.8 Å². The molecule has 0 unspecified atom stereocenters. The van der Waals surface area contributed by atoms with E-state index in [4.69, 9.17) is 12.8 Å². The fraction of sp³-hybridized carbons (Fsp3) is 0. The normalized spacial score (nSPS) is 7.83. The Morgan fingerprint density at radius 1 is 1.08 bits per heavy atom. The molecule has 0 heterocycles. The lowest BCUT2D eigenvalue weighted by molar-refractivity contribution is 1.53. The molecule has 0 radical (unpaired) electrons. The molecule has 0 aromatic heterocycles. The molecule has 0 amide bonds. The first-order valence-electron chi connectivity index (χ1n) is 3.44. The maximum Gasteiger partial charge on any atom is 0.163 e. The van der Waals surface area contributed by atoms with E-state index >= 15 is 0 Å². The first-order valence-corrected chi connectivity index (χ1v) is 3.44. The minimum Gasteiger partial charge on any atom is -0.231 e. The van der Waals surface area contributed by atoms with Gasteiger partial charge in [0.05, 0.1) is 5.69 Å². The summed E-state index contributed by atoms with van der Waals surface area (Å²) in [5.41, 5.74) is 1.10. The zero-order valence-electron chi connectivity index (χ0n) is 6.49. The van der Waals surface area contributed by atoms with Gasteiger partial charge in [0.1, 0.15) is 0 Å². The van der Waals surface area contributed by atoms with E-state index in [1.165, 1.54) is 0 Å². The zero-order chi connectivity index (χ0) is 8.81. The van der Waals surface area contributed by atoms with Crippen LogP contribution in [0.3, 0.4) is 0 Å². The lowest BCUT2D eigenvalue weighted by Crippen LogP contribution is -1.85. The monoisotopic (exact) mass is 153 g/mol. The van der Waals surface area contributed by atoms with E-state index in [9.17, 15) is 0 Å². The summed E-state index contributed by atoms with van der Waals surface area (Å²) in [6.07, 6.45) is 10.2. The van der Waals surface area contributed by atoms with Crippen LogP contribution in [0.15, 0.2) is 35.3 Å². The first-order chi connectivity index (χ1) is 5.86. The molecule has 12 heavy (non-hydrogen) atoms. The van der Waals surface area contributed by atoms with Crippen molar-refractivity contribution in [2.45, 2.75) is 0 Å². The molecule has 1 heteroatoms. The highest BCUT2D eigenvalue weighted by molar-refractivity contribution is 6.13. The smallest absolute Gasteiger partial charge is 0.163 e. The molecule has 0 spiro atoms. The lowest BCUT2D eigenvalue weighted by atomic mass is 10.3. The molecule has 1 rings (SSSR count). The number of nitrogens with zero attached hydrogens (tertiary/aromatic N) is 1. The van der Waals surface area contributed by atoms with Crippen molar-refractivity contribution in [2.75, 3.05) is 0 Å². The van der Waals surface area contributed by atoms with E-state index < -0.39 is 0 Å². The molecule has 0 N–H and O–H groups in total. The highest BCUT2D eigenvalue weighted by atomic mass is 14.7. The van der Waals surface area contributed by atoms with Crippen molar-refractivity contribution in [3.63, 3.8) is 0 Å². The molecular weight excluding hydrogens is 146 g/mol. The summed E-state index contributed by atoms with van der Waals surface area (Å²) in [7, 11) is 0. The minimum absolute atomic E-state index is 0.321. The van der Waals surface area contributed by atoms with Gasteiger partial charge in [-0.25, -0.2) is 4.99 Å². The first kappa shape index (κ1) is 8.11. The molecule has 0 saturated heterocycles. The standard InChI is InChI=1S/C11H7N/c1-3-10(4-2)12-11-8-6-5-7-9-11/h1-2,5-9H. The lowest BCUT2D eigenvalue weighted by Gasteiger charge is -1.90. The molecular formula is C11H7N. The van der Waals surface area contributed by atoms with Crippen LogP contribution >= 0.6 is 0 Å². The molecule has 1 nitrogen and oxygen atoms in total. The van der Waals surface area contributed by atoms with Crippen LogP contribution in [0.1, 0.15) is 0 Å². The summed E-state index contributed by atoms with van der Waals surface area (Å²) in [5, 5.41) is 0. The summed E-state index contributed by atoms with van der Waals surface area (Å²) < 4.78 is 0. The molecule has 0 fully saturated rings. The van der Waals surface area contributed by atoms with Crippen molar-refractivity contribution in [1.82, 2.24) is 0 Å². The second-order valence-corrected chi connectivity index (χ2v) is 2.08. The number of terminal acetylenes is 2. The molecule has 0 aliphatic carbocycles. The van der Waals surface area contributed by atoms with Gasteiger partial charge in [0.2, 0.25) is 0 Å². The number of aliphatic imine (C=N–C) groups is 1. The highest BCUT2D eigenvalue weighted by Gasteiger charge is 1.88. The van der Waals surface area contributed by atoms with Gasteiger partial charge in [0.15, 0.2) is 5.71 Å². The van der Waals surface area contributed by atoms with E-state index in [0.717, 1.165) is 5.69 Å². The van der Waals surface area contributed by atoms with Crippen LogP contribution in [0.5, 0.6) is 0 Å². The van der Waals surface area contributed by atoms with E-state index in [0.29, 0.717) is 5.71 Å². The second-order valence-electron chi connectivity index (χ2n) is 2.08. The predicted molar refractivity (Wildman–Crippen MR) is 51.2 cm³/mol. The van der Waals surface area contributed by atoms with Crippen LogP contribution in [0.2, 0.25) is 0 Å². The third kappa shape index (κ3) is 2.01. The summed E-state index contributed by atoms with van der Waals surface area (Å²) in [6, 6.07) is 9.35. The number of hydrogen-bond donors (Lipinski definition) is 0. The van der Waals surface area contributed by atoms with Crippen LogP contribution < -0.4 is 0 Å². The number of rotatable bonds is 1. The van der Waals surface area contributed by atoms with Crippen molar-refractivity contribution >= 4 is 11.4 Å². The number of benzene rings is 1. The molecule has 0 aliphatic rings. The molecule has 0 saturated carbocycles. The topological polar surface area (TPSA) is 12.4 Å². The third-order valence-electron chi connectivity index (χ3n) is 1.27. The van der Waals surface area contributed by atoms with E-state index in [1.807, 2.05) is 30.3 Å². The second kappa shape index (κ2) is 4.01. The third-order valence-corrected chi connectivity index (χ3v) is 1.27. The van der Waals surface area contributed by atoms with Crippen LogP contribution in [0.4, 0.5) is 5.69 Å². The Kier molecular flexibility index (Phi) is 2.71. The molecule has 1 aromatic rings. The summed E-state index contributed by atoms with van der Waals surface area (Å²) in [4.78, 5) is 4.04. The maximum absolute atomic E-state index is 5.11. The van der Waals surface area contributed by atoms with Crippen LogP contribution in [0, 0.1) is 24.7 Å². The van der Waals surface area contributed by atoms with Gasteiger partial charge in [-0.3, -0.25) is 0 Å². The van der Waals surface area contributed by atoms with Crippen molar-refractivity contribution in [1.29, 1.82) is 0 Å². The Bertz CT molecular complexity index is 344. The fourth-order valence-corrected chi connectivity index (χ4v) is 0.738. The van der Waals surface area contributed by atoms with E-state index in [-0.39, 0.29) is 0 Å². The Morgan fingerprint density at radius 3 is 2.17 bits per heavy atom. The molecule has 0 atom stereocenters. The van der Waals surface area contributed by atoms with Gasteiger partial charge in [0.25, 0.3) is 0 Å². The van der Waals surface area contributed by atoms with Gasteiger partial charge in [-0.1, -0.05) is 18.2 Å². The Hall–Kier alpha value is -1.99. The minimum atomic E-state index is 0.321. The molecule has 0 aliphatic heterocycles. The zero-order valence-corrected chi connectivity index (χ0v) is 6.49. The van der Waals surface area contributed by atoms with Gasteiger partial charge in [-0.05, 0) is 24.0 Å². The SMILES string of the molecule is C#CC(C#C)=Nc1ccccc1. The van der Waals surface area contributed by atoms with Crippen LogP contribution in [0.25, 0.3) is 0 Å². The summed E-state index contributed by atoms with van der Waals surface area (Å²) in [5.74, 6) is 4.63. The highest BCUT2D eigenvalue weighted by Crippen LogP contribution is 2.09.